The second-order valence-electron chi connectivity index (χ2n) is 9.54. The van der Waals surface area contributed by atoms with E-state index in [1.165, 1.54) is 0 Å². The molecular weight excluding hydrogens is 384 g/mol. The van der Waals surface area contributed by atoms with E-state index < -0.39 is 0 Å². The quantitative estimate of drug-likeness (QED) is 0.344. The standard InChI is InChI=1S/C24H25ClN2O2/c1-23(2,3)13-11-15(20(28)16(12-13)24(4,5)6)19-21-18(26-22(25)27-19)14-9-7-8-10-17(14)29-21/h7-12,28H,1-6H3. The predicted molar refractivity (Wildman–Crippen MR) is 119 cm³/mol. The van der Waals surface area contributed by atoms with Crippen LogP contribution in [0.3, 0.4) is 0 Å². The van der Waals surface area contributed by atoms with Crippen LogP contribution >= 0.6 is 11.6 Å². The average molecular weight is 409 g/mol. The number of halogens is 1. The Morgan fingerprint density at radius 1 is 0.931 bits per heavy atom. The second-order valence-corrected chi connectivity index (χ2v) is 9.88. The van der Waals surface area contributed by atoms with Crippen LogP contribution in [0.25, 0.3) is 33.3 Å². The first kappa shape index (κ1) is 19.7. The van der Waals surface area contributed by atoms with Gasteiger partial charge in [-0.05, 0) is 46.2 Å². The highest BCUT2D eigenvalue weighted by molar-refractivity contribution is 6.29. The summed E-state index contributed by atoms with van der Waals surface area (Å²) in [6, 6.07) is 11.7. The number of para-hydroxylation sites is 1. The Bertz CT molecular complexity index is 1240. The molecule has 0 unspecified atom stereocenters. The number of hydrogen-bond donors (Lipinski definition) is 1. The molecule has 0 amide bonds. The first-order valence-corrected chi connectivity index (χ1v) is 10.1. The molecule has 1 N–H and O–H groups in total. The lowest BCUT2D eigenvalue weighted by molar-refractivity contribution is 0.446. The van der Waals surface area contributed by atoms with Crippen LogP contribution in [0.4, 0.5) is 0 Å². The summed E-state index contributed by atoms with van der Waals surface area (Å²) in [4.78, 5) is 8.88. The molecule has 150 valence electrons. The van der Waals surface area contributed by atoms with Crippen molar-refractivity contribution in [1.82, 2.24) is 9.97 Å². The summed E-state index contributed by atoms with van der Waals surface area (Å²) in [5, 5.41) is 12.2. The molecule has 2 aromatic heterocycles. The molecule has 29 heavy (non-hydrogen) atoms. The first-order chi connectivity index (χ1) is 13.5. The smallest absolute Gasteiger partial charge is 0.223 e. The average Bonchev–Trinajstić information content (AvgIpc) is 2.98. The molecule has 4 nitrogen and oxygen atoms in total. The van der Waals surface area contributed by atoms with Crippen LogP contribution in [0.5, 0.6) is 5.75 Å². The van der Waals surface area contributed by atoms with Gasteiger partial charge in [-0.15, -0.1) is 0 Å². The first-order valence-electron chi connectivity index (χ1n) is 9.70. The number of benzene rings is 2. The topological polar surface area (TPSA) is 59.2 Å². The van der Waals surface area contributed by atoms with Gasteiger partial charge in [0.1, 0.15) is 22.5 Å². The number of phenols is 1. The molecular formula is C24H25ClN2O2. The fourth-order valence-electron chi connectivity index (χ4n) is 3.57. The molecule has 0 saturated carbocycles. The van der Waals surface area contributed by atoms with Gasteiger partial charge in [-0.2, -0.15) is 0 Å². The largest absolute Gasteiger partial charge is 0.507 e. The highest BCUT2D eigenvalue weighted by Crippen LogP contribution is 2.44. The third-order valence-electron chi connectivity index (χ3n) is 5.23. The van der Waals surface area contributed by atoms with Crippen LogP contribution in [0.1, 0.15) is 52.7 Å². The van der Waals surface area contributed by atoms with Gasteiger partial charge in [-0.3, -0.25) is 0 Å². The lowest BCUT2D eigenvalue weighted by Crippen LogP contribution is -2.17. The van der Waals surface area contributed by atoms with Crippen molar-refractivity contribution in [3.63, 3.8) is 0 Å². The summed E-state index contributed by atoms with van der Waals surface area (Å²) in [5.74, 6) is 0.196. The van der Waals surface area contributed by atoms with E-state index in [9.17, 15) is 5.11 Å². The third kappa shape index (κ3) is 3.36. The van der Waals surface area contributed by atoms with Gasteiger partial charge >= 0.3 is 0 Å². The normalized spacial score (nSPS) is 12.8. The van der Waals surface area contributed by atoms with Crippen molar-refractivity contribution in [2.24, 2.45) is 0 Å². The minimum Gasteiger partial charge on any atom is -0.507 e. The van der Waals surface area contributed by atoms with Crippen LogP contribution in [-0.4, -0.2) is 15.1 Å². The van der Waals surface area contributed by atoms with Crippen LogP contribution in [0, 0.1) is 0 Å². The van der Waals surface area contributed by atoms with Gasteiger partial charge in [-0.25, -0.2) is 9.97 Å². The maximum absolute atomic E-state index is 11.2. The van der Waals surface area contributed by atoms with E-state index in [1.54, 1.807) is 0 Å². The van der Waals surface area contributed by atoms with E-state index in [0.29, 0.717) is 27.9 Å². The van der Waals surface area contributed by atoms with E-state index in [4.69, 9.17) is 16.0 Å². The fraction of sp³-hybridized carbons (Fsp3) is 0.333. The monoisotopic (exact) mass is 408 g/mol. The summed E-state index contributed by atoms with van der Waals surface area (Å²) in [7, 11) is 0. The number of nitrogens with zero attached hydrogens (tertiary/aromatic N) is 2. The molecule has 0 spiro atoms. The van der Waals surface area contributed by atoms with Gasteiger partial charge in [-0.1, -0.05) is 59.7 Å². The fourth-order valence-corrected chi connectivity index (χ4v) is 3.73. The van der Waals surface area contributed by atoms with E-state index >= 15 is 0 Å². The minimum absolute atomic E-state index is 0.105. The predicted octanol–water partition coefficient (Wildman–Crippen LogP) is 7.00. The Kier molecular flexibility index (Phi) is 4.39. The number of fused-ring (bicyclic) bond motifs is 3. The molecule has 0 saturated heterocycles. The maximum Gasteiger partial charge on any atom is 0.223 e. The van der Waals surface area contributed by atoms with Crippen molar-refractivity contribution < 1.29 is 9.52 Å². The van der Waals surface area contributed by atoms with E-state index in [2.05, 4.69) is 57.6 Å². The summed E-state index contributed by atoms with van der Waals surface area (Å²) in [5.41, 5.74) is 4.61. The molecule has 0 radical (unpaired) electrons. The van der Waals surface area contributed by atoms with Gasteiger partial charge in [0.15, 0.2) is 5.58 Å². The summed E-state index contributed by atoms with van der Waals surface area (Å²) in [6.07, 6.45) is 0. The number of rotatable bonds is 1. The highest BCUT2D eigenvalue weighted by atomic mass is 35.5. The van der Waals surface area contributed by atoms with Crippen LogP contribution in [0.2, 0.25) is 5.28 Å². The van der Waals surface area contributed by atoms with Crippen molar-refractivity contribution in [3.05, 3.63) is 52.8 Å². The highest BCUT2D eigenvalue weighted by Gasteiger charge is 2.28. The Hall–Kier alpha value is -2.59. The Morgan fingerprint density at radius 2 is 1.62 bits per heavy atom. The van der Waals surface area contributed by atoms with Crippen molar-refractivity contribution >= 4 is 33.7 Å². The van der Waals surface area contributed by atoms with Crippen LogP contribution < -0.4 is 0 Å². The number of aromatic hydroxyl groups is 1. The van der Waals surface area contributed by atoms with Crippen molar-refractivity contribution in [2.45, 2.75) is 52.4 Å². The molecule has 0 aliphatic heterocycles. The lowest BCUT2D eigenvalue weighted by atomic mass is 9.78. The number of aromatic nitrogens is 2. The Morgan fingerprint density at radius 3 is 2.28 bits per heavy atom. The maximum atomic E-state index is 11.2. The minimum atomic E-state index is -0.246. The van der Waals surface area contributed by atoms with E-state index in [0.717, 1.165) is 16.5 Å². The molecule has 2 heterocycles. The number of furan rings is 1. The molecule has 5 heteroatoms. The van der Waals surface area contributed by atoms with Gasteiger partial charge in [0.2, 0.25) is 5.28 Å². The molecule has 0 fully saturated rings. The van der Waals surface area contributed by atoms with E-state index in [1.807, 2.05) is 30.3 Å². The molecule has 0 atom stereocenters. The van der Waals surface area contributed by atoms with Crippen molar-refractivity contribution in [3.8, 4) is 17.0 Å². The zero-order valence-electron chi connectivity index (χ0n) is 17.6. The SMILES string of the molecule is CC(C)(C)c1cc(-c2nc(Cl)nc3c2oc2ccccc23)c(O)c(C(C)(C)C)c1. The van der Waals surface area contributed by atoms with Gasteiger partial charge in [0.25, 0.3) is 0 Å². The van der Waals surface area contributed by atoms with Gasteiger partial charge in [0.05, 0.1) is 0 Å². The van der Waals surface area contributed by atoms with Crippen molar-refractivity contribution in [2.75, 3.05) is 0 Å². The van der Waals surface area contributed by atoms with Crippen LogP contribution in [-0.2, 0) is 10.8 Å². The molecule has 0 aliphatic carbocycles. The zero-order valence-corrected chi connectivity index (χ0v) is 18.3. The zero-order chi connectivity index (χ0) is 21.1. The lowest BCUT2D eigenvalue weighted by Gasteiger charge is -2.27. The molecule has 0 bridgehead atoms. The van der Waals surface area contributed by atoms with Gasteiger partial charge in [0, 0.05) is 16.5 Å². The Balaban J connectivity index is 2.13. The Labute approximate surface area is 175 Å². The molecule has 4 rings (SSSR count). The van der Waals surface area contributed by atoms with E-state index in [-0.39, 0.29) is 21.9 Å². The van der Waals surface area contributed by atoms with Crippen LogP contribution in [0.15, 0.2) is 40.8 Å². The van der Waals surface area contributed by atoms with Gasteiger partial charge < -0.3 is 9.52 Å². The van der Waals surface area contributed by atoms with Crippen molar-refractivity contribution in [1.29, 1.82) is 0 Å². The molecule has 2 aromatic carbocycles. The number of phenolic OH excluding ortho intramolecular Hbond substituents is 1. The molecule has 0 aliphatic rings. The summed E-state index contributed by atoms with van der Waals surface area (Å²) < 4.78 is 6.10. The summed E-state index contributed by atoms with van der Waals surface area (Å²) in [6.45, 7) is 12.7. The number of hydrogen-bond acceptors (Lipinski definition) is 4. The second kappa shape index (κ2) is 6.46. The third-order valence-corrected chi connectivity index (χ3v) is 5.40. The molecule has 4 aromatic rings. The summed E-state index contributed by atoms with van der Waals surface area (Å²) >= 11 is 6.30.